The summed E-state index contributed by atoms with van der Waals surface area (Å²) in [5.41, 5.74) is 0.861. The Morgan fingerprint density at radius 1 is 1.33 bits per heavy atom. The molecular weight excluding hydrogens is 334 g/mol. The van der Waals surface area contributed by atoms with Gasteiger partial charge < -0.3 is 4.74 Å². The third-order valence-electron chi connectivity index (χ3n) is 2.31. The van der Waals surface area contributed by atoms with Crippen LogP contribution >= 0.6 is 39.3 Å². The summed E-state index contributed by atoms with van der Waals surface area (Å²) in [5, 5.41) is 0. The van der Waals surface area contributed by atoms with E-state index in [0.717, 1.165) is 15.8 Å². The largest absolute Gasteiger partial charge is 0.439 e. The van der Waals surface area contributed by atoms with Crippen molar-refractivity contribution in [2.24, 2.45) is 0 Å². The minimum atomic E-state index is 0.366. The van der Waals surface area contributed by atoms with Crippen LogP contribution in [-0.4, -0.2) is 11.2 Å². The summed E-state index contributed by atoms with van der Waals surface area (Å²) >= 11 is 10.9. The fourth-order valence-corrected chi connectivity index (χ4v) is 2.39. The molecule has 0 amide bonds. The van der Waals surface area contributed by atoms with E-state index in [1.54, 1.807) is 18.0 Å². The first-order valence-electron chi connectivity index (χ1n) is 5.25. The lowest BCUT2D eigenvalue weighted by molar-refractivity contribution is 0.458. The van der Waals surface area contributed by atoms with Crippen LogP contribution in [0.15, 0.2) is 45.9 Å². The first kappa shape index (κ1) is 13.7. The minimum absolute atomic E-state index is 0.366. The molecular formula is C13H11BrClNOS. The van der Waals surface area contributed by atoms with Gasteiger partial charge in [0.15, 0.2) is 0 Å². The summed E-state index contributed by atoms with van der Waals surface area (Å²) in [6.45, 7) is 0. The summed E-state index contributed by atoms with van der Waals surface area (Å²) in [6.07, 6.45) is 3.74. The van der Waals surface area contributed by atoms with E-state index in [9.17, 15) is 0 Å². The first-order chi connectivity index (χ1) is 8.72. The van der Waals surface area contributed by atoms with Crippen molar-refractivity contribution in [3.05, 3.63) is 46.6 Å². The Labute approximate surface area is 124 Å². The van der Waals surface area contributed by atoms with Gasteiger partial charge in [-0.25, -0.2) is 4.98 Å². The van der Waals surface area contributed by atoms with Crippen LogP contribution in [0.2, 0.25) is 0 Å². The zero-order valence-corrected chi connectivity index (χ0v) is 12.8. The average molecular weight is 345 g/mol. The van der Waals surface area contributed by atoms with E-state index in [1.165, 1.54) is 4.90 Å². The van der Waals surface area contributed by atoms with E-state index < -0.39 is 0 Å². The van der Waals surface area contributed by atoms with Crippen molar-refractivity contribution in [3.63, 3.8) is 0 Å². The Bertz CT molecular complexity index is 533. The molecule has 2 rings (SSSR count). The van der Waals surface area contributed by atoms with Gasteiger partial charge in [0.05, 0.1) is 5.88 Å². The van der Waals surface area contributed by atoms with Gasteiger partial charge in [0.1, 0.15) is 5.75 Å². The average Bonchev–Trinajstić information content (AvgIpc) is 2.41. The zero-order valence-electron chi connectivity index (χ0n) is 9.69. The lowest BCUT2D eigenvalue weighted by atomic mass is 10.3. The highest BCUT2D eigenvalue weighted by molar-refractivity contribution is 9.10. The lowest BCUT2D eigenvalue weighted by Gasteiger charge is -2.09. The van der Waals surface area contributed by atoms with Gasteiger partial charge >= 0.3 is 0 Å². The summed E-state index contributed by atoms with van der Waals surface area (Å²) in [7, 11) is 0. The molecule has 94 valence electrons. The fraction of sp³-hybridized carbons (Fsp3) is 0.154. The summed E-state index contributed by atoms with van der Waals surface area (Å²) < 4.78 is 6.62. The van der Waals surface area contributed by atoms with Gasteiger partial charge in [-0.15, -0.1) is 23.4 Å². The van der Waals surface area contributed by atoms with Crippen LogP contribution in [0.3, 0.4) is 0 Å². The number of ether oxygens (including phenoxy) is 1. The quantitative estimate of drug-likeness (QED) is 0.569. The fourth-order valence-electron chi connectivity index (χ4n) is 1.41. The molecule has 5 heteroatoms. The standard InChI is InChI=1S/C13H11BrClNOS/c1-18-12-4-2-11(3-5-12)17-13-9(7-15)6-10(14)8-16-13/h2-6,8H,7H2,1H3. The Balaban J connectivity index is 2.22. The second-order valence-corrected chi connectivity index (χ2v) is 5.59. The molecule has 0 saturated carbocycles. The van der Waals surface area contributed by atoms with Gasteiger partial charge in [0.25, 0.3) is 0 Å². The molecule has 0 atom stereocenters. The topological polar surface area (TPSA) is 22.1 Å². The van der Waals surface area contributed by atoms with E-state index in [-0.39, 0.29) is 0 Å². The predicted octanol–water partition coefficient (Wildman–Crippen LogP) is 5.10. The molecule has 0 unspecified atom stereocenters. The SMILES string of the molecule is CSc1ccc(Oc2ncc(Br)cc2CCl)cc1. The smallest absolute Gasteiger partial charge is 0.223 e. The van der Waals surface area contributed by atoms with Crippen molar-refractivity contribution in [2.75, 3.05) is 6.26 Å². The van der Waals surface area contributed by atoms with Crippen LogP contribution in [-0.2, 0) is 5.88 Å². The monoisotopic (exact) mass is 343 g/mol. The number of halogens is 2. The molecule has 1 heterocycles. The Hall–Kier alpha value is -0.710. The molecule has 0 aliphatic heterocycles. The van der Waals surface area contributed by atoms with E-state index >= 15 is 0 Å². The van der Waals surface area contributed by atoms with Crippen LogP contribution in [0.4, 0.5) is 0 Å². The molecule has 0 spiro atoms. The summed E-state index contributed by atoms with van der Waals surface area (Å²) in [5.74, 6) is 1.67. The summed E-state index contributed by atoms with van der Waals surface area (Å²) in [4.78, 5) is 5.43. The van der Waals surface area contributed by atoms with Gasteiger partial charge in [0, 0.05) is 21.1 Å². The molecule has 2 nitrogen and oxygen atoms in total. The number of thioether (sulfide) groups is 1. The third kappa shape index (κ3) is 3.40. The molecule has 0 aliphatic rings. The van der Waals surface area contributed by atoms with Crippen molar-refractivity contribution in [1.29, 1.82) is 0 Å². The number of pyridine rings is 1. The highest BCUT2D eigenvalue weighted by Gasteiger charge is 2.06. The van der Waals surface area contributed by atoms with Crippen LogP contribution in [0.1, 0.15) is 5.56 Å². The number of alkyl halides is 1. The van der Waals surface area contributed by atoms with E-state index in [2.05, 4.69) is 20.9 Å². The maximum absolute atomic E-state index is 5.87. The van der Waals surface area contributed by atoms with E-state index in [4.69, 9.17) is 16.3 Å². The van der Waals surface area contributed by atoms with Crippen LogP contribution in [0.5, 0.6) is 11.6 Å². The van der Waals surface area contributed by atoms with Gasteiger partial charge in [-0.1, -0.05) is 0 Å². The van der Waals surface area contributed by atoms with E-state index in [1.807, 2.05) is 36.6 Å². The van der Waals surface area contributed by atoms with Gasteiger partial charge in [-0.2, -0.15) is 0 Å². The Morgan fingerprint density at radius 3 is 2.67 bits per heavy atom. The van der Waals surface area contributed by atoms with Crippen molar-refractivity contribution >= 4 is 39.3 Å². The number of nitrogens with zero attached hydrogens (tertiary/aromatic N) is 1. The Kier molecular flexibility index (Phi) is 4.92. The zero-order chi connectivity index (χ0) is 13.0. The molecule has 1 aromatic carbocycles. The third-order valence-corrected chi connectivity index (χ3v) is 3.78. The maximum Gasteiger partial charge on any atom is 0.223 e. The lowest BCUT2D eigenvalue weighted by Crippen LogP contribution is -1.93. The highest BCUT2D eigenvalue weighted by Crippen LogP contribution is 2.27. The number of hydrogen-bond acceptors (Lipinski definition) is 3. The normalized spacial score (nSPS) is 10.4. The number of aromatic nitrogens is 1. The molecule has 0 aliphatic carbocycles. The van der Waals surface area contributed by atoms with Crippen molar-refractivity contribution in [1.82, 2.24) is 4.98 Å². The molecule has 0 radical (unpaired) electrons. The summed E-state index contributed by atoms with van der Waals surface area (Å²) in [6, 6.07) is 9.78. The molecule has 0 bridgehead atoms. The second-order valence-electron chi connectivity index (χ2n) is 3.53. The van der Waals surface area contributed by atoms with E-state index in [0.29, 0.717) is 11.8 Å². The molecule has 18 heavy (non-hydrogen) atoms. The van der Waals surface area contributed by atoms with Crippen molar-refractivity contribution < 1.29 is 4.74 Å². The molecule has 0 fully saturated rings. The number of benzene rings is 1. The van der Waals surface area contributed by atoms with Crippen LogP contribution < -0.4 is 4.74 Å². The molecule has 1 aromatic heterocycles. The van der Waals surface area contributed by atoms with Gasteiger partial charge in [0.2, 0.25) is 5.88 Å². The Morgan fingerprint density at radius 2 is 2.06 bits per heavy atom. The van der Waals surface area contributed by atoms with Crippen molar-refractivity contribution in [2.45, 2.75) is 10.8 Å². The first-order valence-corrected chi connectivity index (χ1v) is 7.80. The second kappa shape index (κ2) is 6.45. The number of rotatable bonds is 4. The number of hydrogen-bond donors (Lipinski definition) is 0. The van der Waals surface area contributed by atoms with Gasteiger partial charge in [-0.3, -0.25) is 0 Å². The molecule has 2 aromatic rings. The maximum atomic E-state index is 5.87. The van der Waals surface area contributed by atoms with Gasteiger partial charge in [-0.05, 0) is 52.5 Å². The molecule has 0 saturated heterocycles. The van der Waals surface area contributed by atoms with Crippen molar-refractivity contribution in [3.8, 4) is 11.6 Å². The predicted molar refractivity (Wildman–Crippen MR) is 79.8 cm³/mol. The highest BCUT2D eigenvalue weighted by atomic mass is 79.9. The minimum Gasteiger partial charge on any atom is -0.439 e. The van der Waals surface area contributed by atoms with Crippen LogP contribution in [0.25, 0.3) is 0 Å². The van der Waals surface area contributed by atoms with Crippen LogP contribution in [0, 0.1) is 0 Å². The molecule has 0 N–H and O–H groups in total.